The van der Waals surface area contributed by atoms with Gasteiger partial charge in [-0.15, -0.1) is 0 Å². The van der Waals surface area contributed by atoms with Crippen LogP contribution in [0.5, 0.6) is 0 Å². The third kappa shape index (κ3) is 3.85. The Labute approximate surface area is 123 Å². The van der Waals surface area contributed by atoms with E-state index < -0.39 is 5.97 Å². The van der Waals surface area contributed by atoms with Crippen molar-refractivity contribution in [1.29, 1.82) is 0 Å². The van der Waals surface area contributed by atoms with Gasteiger partial charge in [0.1, 0.15) is 5.82 Å². The van der Waals surface area contributed by atoms with Gasteiger partial charge in [-0.25, -0.2) is 14.8 Å². The molecule has 1 aromatic heterocycles. The zero-order valence-electron chi connectivity index (χ0n) is 11.9. The van der Waals surface area contributed by atoms with E-state index in [1.54, 1.807) is 6.20 Å². The second-order valence-corrected chi connectivity index (χ2v) is 6.73. The number of aromatic nitrogens is 2. The van der Waals surface area contributed by atoms with Crippen LogP contribution >= 0.6 is 11.8 Å². The number of anilines is 1. The third-order valence-corrected chi connectivity index (χ3v) is 4.72. The van der Waals surface area contributed by atoms with Crippen LogP contribution in [0.2, 0.25) is 0 Å². The van der Waals surface area contributed by atoms with Crippen molar-refractivity contribution in [3.8, 4) is 0 Å². The molecule has 2 N–H and O–H groups in total. The smallest absolute Gasteiger partial charge is 0.356 e. The molecule has 0 radical (unpaired) electrons. The van der Waals surface area contributed by atoms with Crippen LogP contribution in [-0.4, -0.2) is 38.6 Å². The highest BCUT2D eigenvalue weighted by atomic mass is 32.2. The van der Waals surface area contributed by atoms with Crippen LogP contribution in [0.3, 0.4) is 0 Å². The summed E-state index contributed by atoms with van der Waals surface area (Å²) in [6, 6.07) is 0. The monoisotopic (exact) mass is 295 g/mol. The number of carbonyl (C=O) groups is 1. The fourth-order valence-electron chi connectivity index (χ4n) is 2.16. The number of carboxylic acid groups (broad SMARTS) is 1. The first-order chi connectivity index (χ1) is 9.58. The molecule has 1 atom stereocenters. The Morgan fingerprint density at radius 2 is 2.35 bits per heavy atom. The number of hydrogen-bond donors (Lipinski definition) is 2. The molecule has 0 bridgehead atoms. The van der Waals surface area contributed by atoms with E-state index in [0.29, 0.717) is 16.8 Å². The lowest BCUT2D eigenvalue weighted by Crippen LogP contribution is -2.22. The van der Waals surface area contributed by atoms with E-state index in [2.05, 4.69) is 15.3 Å². The molecular weight excluding hydrogens is 274 g/mol. The van der Waals surface area contributed by atoms with E-state index in [-0.39, 0.29) is 11.6 Å². The van der Waals surface area contributed by atoms with E-state index in [1.807, 2.05) is 25.6 Å². The summed E-state index contributed by atoms with van der Waals surface area (Å²) in [5.74, 6) is 0.880. The zero-order valence-corrected chi connectivity index (χ0v) is 12.7. The van der Waals surface area contributed by atoms with Crippen LogP contribution in [0.15, 0.2) is 6.20 Å². The van der Waals surface area contributed by atoms with Crippen LogP contribution in [0.4, 0.5) is 5.69 Å². The van der Waals surface area contributed by atoms with E-state index in [4.69, 9.17) is 0 Å². The second-order valence-electron chi connectivity index (χ2n) is 5.32. The molecule has 1 saturated heterocycles. The Morgan fingerprint density at radius 3 is 2.95 bits per heavy atom. The van der Waals surface area contributed by atoms with Crippen LogP contribution in [-0.2, 0) is 0 Å². The average molecular weight is 295 g/mol. The predicted molar refractivity (Wildman–Crippen MR) is 81.7 cm³/mol. The van der Waals surface area contributed by atoms with Crippen molar-refractivity contribution >= 4 is 23.4 Å². The van der Waals surface area contributed by atoms with E-state index in [9.17, 15) is 9.90 Å². The first-order valence-electron chi connectivity index (χ1n) is 7.03. The number of carboxylic acids is 1. The maximum Gasteiger partial charge on any atom is 0.356 e. The van der Waals surface area contributed by atoms with Crippen molar-refractivity contribution in [2.24, 2.45) is 0 Å². The van der Waals surface area contributed by atoms with Crippen molar-refractivity contribution in [3.05, 3.63) is 17.7 Å². The summed E-state index contributed by atoms with van der Waals surface area (Å²) in [6.45, 7) is 4.68. The largest absolute Gasteiger partial charge is 0.476 e. The minimum absolute atomic E-state index is 0.0736. The number of rotatable bonds is 5. The minimum Gasteiger partial charge on any atom is -0.476 e. The number of aromatic carboxylic acids is 1. The molecule has 0 saturated carbocycles. The van der Waals surface area contributed by atoms with Gasteiger partial charge in [-0.2, -0.15) is 11.8 Å². The summed E-state index contributed by atoms with van der Waals surface area (Å²) in [6.07, 6.45) is 5.33. The highest BCUT2D eigenvalue weighted by Crippen LogP contribution is 2.25. The van der Waals surface area contributed by atoms with E-state index in [0.717, 1.165) is 6.54 Å². The Bertz CT molecular complexity index is 473. The van der Waals surface area contributed by atoms with Gasteiger partial charge in [0.05, 0.1) is 11.9 Å². The Kier molecular flexibility index (Phi) is 5.23. The lowest BCUT2D eigenvalue weighted by molar-refractivity contribution is 0.0691. The van der Waals surface area contributed by atoms with Crippen molar-refractivity contribution in [2.75, 3.05) is 17.6 Å². The molecular formula is C14H21N3O2S. The number of thioether (sulfide) groups is 1. The van der Waals surface area contributed by atoms with Gasteiger partial charge in [0.2, 0.25) is 0 Å². The normalized spacial score (nSPS) is 19.1. The summed E-state index contributed by atoms with van der Waals surface area (Å²) in [7, 11) is 0. The summed E-state index contributed by atoms with van der Waals surface area (Å²) in [4.78, 5) is 19.7. The van der Waals surface area contributed by atoms with Crippen LogP contribution in [0.25, 0.3) is 0 Å². The van der Waals surface area contributed by atoms with E-state index in [1.165, 1.54) is 25.0 Å². The summed E-state index contributed by atoms with van der Waals surface area (Å²) in [5, 5.41) is 13.0. The van der Waals surface area contributed by atoms with Gasteiger partial charge in [-0.1, -0.05) is 20.3 Å². The van der Waals surface area contributed by atoms with Crippen molar-refractivity contribution in [3.63, 3.8) is 0 Å². The van der Waals surface area contributed by atoms with Gasteiger partial charge in [0.15, 0.2) is 5.69 Å². The standard InChI is InChI=1S/C14H21N3O2S/c1-9(2)13-16-8-11(12(17-13)14(18)19)15-7-10-5-3-4-6-20-10/h8-10,15H,3-7H2,1-2H3,(H,18,19). The molecule has 0 amide bonds. The van der Waals surface area contributed by atoms with Crippen molar-refractivity contribution in [1.82, 2.24) is 9.97 Å². The highest BCUT2D eigenvalue weighted by Gasteiger charge is 2.18. The molecule has 2 rings (SSSR count). The molecule has 0 spiro atoms. The van der Waals surface area contributed by atoms with Crippen LogP contribution in [0.1, 0.15) is 55.3 Å². The van der Waals surface area contributed by atoms with Gasteiger partial charge in [0, 0.05) is 17.7 Å². The Balaban J connectivity index is 2.07. The third-order valence-electron chi connectivity index (χ3n) is 3.32. The summed E-state index contributed by atoms with van der Waals surface area (Å²) < 4.78 is 0. The molecule has 0 aromatic carbocycles. The quantitative estimate of drug-likeness (QED) is 0.869. The van der Waals surface area contributed by atoms with Gasteiger partial charge in [0.25, 0.3) is 0 Å². The number of nitrogens with one attached hydrogen (secondary N) is 1. The van der Waals surface area contributed by atoms with Gasteiger partial charge in [-0.05, 0) is 18.6 Å². The zero-order chi connectivity index (χ0) is 14.5. The number of nitrogens with zero attached hydrogens (tertiary/aromatic N) is 2. The van der Waals surface area contributed by atoms with Gasteiger partial charge >= 0.3 is 5.97 Å². The molecule has 110 valence electrons. The van der Waals surface area contributed by atoms with Crippen LogP contribution < -0.4 is 5.32 Å². The maximum absolute atomic E-state index is 11.3. The van der Waals surface area contributed by atoms with Gasteiger partial charge < -0.3 is 10.4 Å². The molecule has 1 fully saturated rings. The predicted octanol–water partition coefficient (Wildman–Crippen LogP) is 3.00. The molecule has 1 aliphatic rings. The minimum atomic E-state index is -1.01. The van der Waals surface area contributed by atoms with Crippen molar-refractivity contribution < 1.29 is 9.90 Å². The molecule has 1 aromatic rings. The lowest BCUT2D eigenvalue weighted by atomic mass is 10.2. The molecule has 20 heavy (non-hydrogen) atoms. The first-order valence-corrected chi connectivity index (χ1v) is 8.08. The lowest BCUT2D eigenvalue weighted by Gasteiger charge is -2.22. The second kappa shape index (κ2) is 6.92. The number of hydrogen-bond acceptors (Lipinski definition) is 5. The van der Waals surface area contributed by atoms with E-state index >= 15 is 0 Å². The Morgan fingerprint density at radius 1 is 1.55 bits per heavy atom. The highest BCUT2D eigenvalue weighted by molar-refractivity contribution is 7.99. The average Bonchev–Trinajstić information content (AvgIpc) is 2.45. The Hall–Kier alpha value is -1.30. The summed E-state index contributed by atoms with van der Waals surface area (Å²) in [5.41, 5.74) is 0.595. The fraction of sp³-hybridized carbons (Fsp3) is 0.643. The molecule has 6 heteroatoms. The fourth-order valence-corrected chi connectivity index (χ4v) is 3.40. The summed E-state index contributed by atoms with van der Waals surface area (Å²) >= 11 is 1.95. The first kappa shape index (κ1) is 15.1. The van der Waals surface area contributed by atoms with Gasteiger partial charge in [-0.3, -0.25) is 0 Å². The molecule has 5 nitrogen and oxygen atoms in total. The molecule has 1 unspecified atom stereocenters. The molecule has 2 heterocycles. The maximum atomic E-state index is 11.3. The molecule has 0 aliphatic carbocycles. The topological polar surface area (TPSA) is 75.1 Å². The molecule has 1 aliphatic heterocycles. The van der Waals surface area contributed by atoms with Crippen molar-refractivity contribution in [2.45, 2.75) is 44.3 Å². The SMILES string of the molecule is CC(C)c1ncc(NCC2CCCCS2)c(C(=O)O)n1. The van der Waals surface area contributed by atoms with Crippen LogP contribution in [0, 0.1) is 0 Å².